The van der Waals surface area contributed by atoms with Crippen molar-refractivity contribution >= 4 is 11.6 Å². The highest BCUT2D eigenvalue weighted by atomic mass is 16.5. The summed E-state index contributed by atoms with van der Waals surface area (Å²) in [4.78, 5) is 25.1. The van der Waals surface area contributed by atoms with Crippen molar-refractivity contribution in [1.29, 1.82) is 0 Å². The largest absolute Gasteiger partial charge is 0.392 e. The first-order valence-corrected chi connectivity index (χ1v) is 15.2. The molecule has 5 nitrogen and oxygen atoms in total. The van der Waals surface area contributed by atoms with E-state index in [-0.39, 0.29) is 57.4 Å². The smallest absolute Gasteiger partial charge is 0.138 e. The molecule has 214 valence electrons. The van der Waals surface area contributed by atoms with E-state index in [1.807, 2.05) is 0 Å². The van der Waals surface area contributed by atoms with Gasteiger partial charge in [-0.05, 0) is 98.9 Å². The van der Waals surface area contributed by atoms with E-state index in [4.69, 9.17) is 4.74 Å². The first-order chi connectivity index (χ1) is 17.4. The number of aliphatic hydroxyl groups excluding tert-OH is 1. The van der Waals surface area contributed by atoms with E-state index in [2.05, 4.69) is 41.5 Å². The number of ether oxygens (including phenoxy) is 1. The van der Waals surface area contributed by atoms with E-state index in [1.165, 1.54) is 11.1 Å². The molecule has 1 heterocycles. The Bertz CT molecular complexity index is 1050. The van der Waals surface area contributed by atoms with Gasteiger partial charge in [-0.15, -0.1) is 0 Å². The van der Waals surface area contributed by atoms with Gasteiger partial charge in [0.25, 0.3) is 0 Å². The molecule has 38 heavy (non-hydrogen) atoms. The van der Waals surface area contributed by atoms with E-state index >= 15 is 0 Å². The minimum atomic E-state index is -0.999. The first kappa shape index (κ1) is 28.5. The zero-order valence-corrected chi connectivity index (χ0v) is 25.3. The van der Waals surface area contributed by atoms with Crippen molar-refractivity contribution in [3.63, 3.8) is 0 Å². The molecule has 2 N–H and O–H groups in total. The number of hydrogen-bond acceptors (Lipinski definition) is 5. The second kappa shape index (κ2) is 8.73. The van der Waals surface area contributed by atoms with Gasteiger partial charge in [0.2, 0.25) is 0 Å². The van der Waals surface area contributed by atoms with Crippen LogP contribution in [0.15, 0.2) is 11.1 Å². The van der Waals surface area contributed by atoms with E-state index in [1.54, 1.807) is 20.8 Å². The molecule has 0 spiro atoms. The van der Waals surface area contributed by atoms with Gasteiger partial charge in [-0.25, -0.2) is 0 Å². The van der Waals surface area contributed by atoms with E-state index in [0.717, 1.165) is 32.1 Å². The predicted octanol–water partition coefficient (Wildman–Crippen LogP) is 6.05. The zero-order valence-electron chi connectivity index (χ0n) is 25.3. The molecule has 5 rings (SSSR count). The summed E-state index contributed by atoms with van der Waals surface area (Å²) in [5, 5.41) is 23.0. The molecule has 5 aliphatic rings. The third kappa shape index (κ3) is 3.80. The zero-order chi connectivity index (χ0) is 28.2. The van der Waals surface area contributed by atoms with Gasteiger partial charge in [-0.2, -0.15) is 0 Å². The molecule has 0 aromatic heterocycles. The van der Waals surface area contributed by atoms with Gasteiger partial charge in [0.1, 0.15) is 11.6 Å². The SMILES string of the molecule is CC(=O)C[C@@H]([C@@H]1C[C@@H](C)C2=C3C[C@H](O)[C@@H]4[C@@]5(C)CCC(=O)C(C)(C)[C@H]5CC[C@]4(C)[C@@]3(C)C[C@@H]2O1)C(C)(C)O. The number of rotatable bonds is 4. The fourth-order valence-corrected chi connectivity index (χ4v) is 11.0. The monoisotopic (exact) mass is 528 g/mol. The van der Waals surface area contributed by atoms with Crippen LogP contribution in [0.1, 0.15) is 114 Å². The van der Waals surface area contributed by atoms with Crippen LogP contribution in [0.4, 0.5) is 0 Å². The fourth-order valence-electron chi connectivity index (χ4n) is 11.0. The highest BCUT2D eigenvalue weighted by molar-refractivity contribution is 5.85. The average molecular weight is 529 g/mol. The Kier molecular flexibility index (Phi) is 6.54. The van der Waals surface area contributed by atoms with Crippen LogP contribution in [0, 0.1) is 45.3 Å². The number of carbonyl (C=O) groups is 2. The summed E-state index contributed by atoms with van der Waals surface area (Å²) < 4.78 is 6.87. The van der Waals surface area contributed by atoms with Gasteiger partial charge in [0, 0.05) is 24.2 Å². The molecule has 4 fully saturated rings. The molecular formula is C33H52O5. The number of carbonyl (C=O) groups excluding carboxylic acids is 2. The molecule has 0 unspecified atom stereocenters. The lowest BCUT2D eigenvalue weighted by Gasteiger charge is -2.68. The molecule has 4 aliphatic carbocycles. The van der Waals surface area contributed by atoms with Crippen LogP contribution in [-0.2, 0) is 14.3 Å². The summed E-state index contributed by atoms with van der Waals surface area (Å²) in [6, 6.07) is 0. The van der Waals surface area contributed by atoms with E-state index < -0.39 is 11.7 Å². The number of Topliss-reactive ketones (excluding diaryl/α,β-unsaturated/α-hetero) is 2. The second-order valence-corrected chi connectivity index (χ2v) is 15.8. The van der Waals surface area contributed by atoms with Crippen LogP contribution < -0.4 is 0 Å². The highest BCUT2D eigenvalue weighted by Gasteiger charge is 2.70. The molecule has 0 bridgehead atoms. The van der Waals surface area contributed by atoms with Crippen molar-refractivity contribution in [2.24, 2.45) is 45.3 Å². The summed E-state index contributed by atoms with van der Waals surface area (Å²) in [5.41, 5.74) is 1.22. The highest BCUT2D eigenvalue weighted by Crippen LogP contribution is 2.74. The van der Waals surface area contributed by atoms with Crippen molar-refractivity contribution in [2.75, 3.05) is 0 Å². The van der Waals surface area contributed by atoms with Crippen molar-refractivity contribution in [3.05, 3.63) is 11.1 Å². The summed E-state index contributed by atoms with van der Waals surface area (Å²) in [7, 11) is 0. The van der Waals surface area contributed by atoms with Crippen molar-refractivity contribution in [2.45, 2.75) is 138 Å². The van der Waals surface area contributed by atoms with Crippen LogP contribution in [0.2, 0.25) is 0 Å². The molecule has 1 aliphatic heterocycles. The molecule has 1 saturated heterocycles. The van der Waals surface area contributed by atoms with Crippen LogP contribution in [-0.4, -0.2) is 45.7 Å². The number of aliphatic hydroxyl groups is 2. The average Bonchev–Trinajstić information content (AvgIpc) is 3.07. The summed E-state index contributed by atoms with van der Waals surface area (Å²) >= 11 is 0. The number of hydrogen-bond donors (Lipinski definition) is 2. The molecule has 0 aromatic rings. The second-order valence-electron chi connectivity index (χ2n) is 15.8. The van der Waals surface area contributed by atoms with Gasteiger partial charge in [0.15, 0.2) is 0 Å². The lowest BCUT2D eigenvalue weighted by molar-refractivity contribution is -0.211. The molecule has 10 atom stereocenters. The number of ketones is 2. The van der Waals surface area contributed by atoms with Crippen molar-refractivity contribution in [3.8, 4) is 0 Å². The molecule has 3 saturated carbocycles. The molecular weight excluding hydrogens is 476 g/mol. The van der Waals surface area contributed by atoms with Gasteiger partial charge >= 0.3 is 0 Å². The Morgan fingerprint density at radius 2 is 1.82 bits per heavy atom. The third-order valence-corrected chi connectivity index (χ3v) is 13.0. The molecule has 0 radical (unpaired) electrons. The van der Waals surface area contributed by atoms with Gasteiger partial charge in [0.05, 0.1) is 23.9 Å². The summed E-state index contributed by atoms with van der Waals surface area (Å²) in [6.07, 6.45) is 5.62. The lowest BCUT2D eigenvalue weighted by Crippen LogP contribution is -2.65. The Hall–Kier alpha value is -1.04. The quantitative estimate of drug-likeness (QED) is 0.434. The van der Waals surface area contributed by atoms with Crippen LogP contribution >= 0.6 is 0 Å². The normalized spacial score (nSPS) is 47.1. The van der Waals surface area contributed by atoms with Crippen LogP contribution in [0.25, 0.3) is 0 Å². The van der Waals surface area contributed by atoms with Crippen LogP contribution in [0.5, 0.6) is 0 Å². The fraction of sp³-hybridized carbons (Fsp3) is 0.879. The number of fused-ring (bicyclic) bond motifs is 6. The van der Waals surface area contributed by atoms with Gasteiger partial charge in [-0.3, -0.25) is 4.79 Å². The Morgan fingerprint density at radius 1 is 1.16 bits per heavy atom. The summed E-state index contributed by atoms with van der Waals surface area (Å²) in [5.74, 6) is 0.956. The maximum Gasteiger partial charge on any atom is 0.138 e. The molecule has 0 amide bonds. The minimum Gasteiger partial charge on any atom is -0.392 e. The first-order valence-electron chi connectivity index (χ1n) is 15.2. The van der Waals surface area contributed by atoms with Crippen molar-refractivity contribution < 1.29 is 24.5 Å². The lowest BCUT2D eigenvalue weighted by atomic mass is 9.36. The minimum absolute atomic E-state index is 0.0294. The molecule has 0 aromatic carbocycles. The van der Waals surface area contributed by atoms with Gasteiger partial charge in [-0.1, -0.05) is 47.1 Å². The third-order valence-electron chi connectivity index (χ3n) is 13.0. The maximum absolute atomic E-state index is 13.0. The Balaban J connectivity index is 1.52. The maximum atomic E-state index is 13.0. The summed E-state index contributed by atoms with van der Waals surface area (Å²) in [6.45, 7) is 19.0. The van der Waals surface area contributed by atoms with Gasteiger partial charge < -0.3 is 19.7 Å². The topological polar surface area (TPSA) is 83.8 Å². The van der Waals surface area contributed by atoms with Crippen LogP contribution in [0.3, 0.4) is 0 Å². The predicted molar refractivity (Wildman–Crippen MR) is 148 cm³/mol. The van der Waals surface area contributed by atoms with E-state index in [0.29, 0.717) is 31.0 Å². The standard InChI is InChI=1S/C33H52O5/c1-18-14-23(20(15-19(2)34)30(5,6)37)38-24-17-33(9)21(27(18)24)16-22(35)28-31(7)12-11-26(36)29(3,4)25(31)10-13-32(28,33)8/h18,20,22-25,28,35,37H,10-17H2,1-9H3/t18-,20+,22+,23+,24+,25-,28-,31+,32+,33+/m1/s1. The van der Waals surface area contributed by atoms with E-state index in [9.17, 15) is 19.8 Å². The Labute approximate surface area is 230 Å². The van der Waals surface area contributed by atoms with Crippen molar-refractivity contribution in [1.82, 2.24) is 0 Å². The molecule has 5 heteroatoms. The Morgan fingerprint density at radius 3 is 2.42 bits per heavy atom.